The Kier molecular flexibility index (Phi) is 8.37. The highest BCUT2D eigenvalue weighted by molar-refractivity contribution is 5.82. The maximum Gasteiger partial charge on any atom is 0.325 e. The van der Waals surface area contributed by atoms with Crippen molar-refractivity contribution < 1.29 is 19.1 Å². The standard InChI is InChI=1S/C13H25NO4/c1-6-18-13(16)9-14(10(2)3)12(15)8-7-11(4)17-5/h10-11H,6-9H2,1-5H3. The second kappa shape index (κ2) is 8.91. The first-order valence-corrected chi connectivity index (χ1v) is 6.40. The van der Waals surface area contributed by atoms with Gasteiger partial charge in [-0.25, -0.2) is 0 Å². The summed E-state index contributed by atoms with van der Waals surface area (Å²) in [7, 11) is 1.62. The summed E-state index contributed by atoms with van der Waals surface area (Å²) in [5.74, 6) is -0.402. The lowest BCUT2D eigenvalue weighted by Gasteiger charge is -2.26. The van der Waals surface area contributed by atoms with E-state index in [-0.39, 0.29) is 30.6 Å². The summed E-state index contributed by atoms with van der Waals surface area (Å²) in [4.78, 5) is 25.0. The molecule has 0 aromatic heterocycles. The molecule has 0 N–H and O–H groups in total. The zero-order valence-electron chi connectivity index (χ0n) is 12.1. The summed E-state index contributed by atoms with van der Waals surface area (Å²) < 4.78 is 9.96. The first kappa shape index (κ1) is 16.9. The molecule has 0 fully saturated rings. The molecule has 0 bridgehead atoms. The van der Waals surface area contributed by atoms with Crippen LogP contribution in [0, 0.1) is 0 Å². The van der Waals surface area contributed by atoms with Gasteiger partial charge in [0.1, 0.15) is 6.54 Å². The van der Waals surface area contributed by atoms with Crippen LogP contribution in [-0.4, -0.2) is 49.2 Å². The first-order chi connectivity index (χ1) is 8.42. The maximum absolute atomic E-state index is 12.0. The third-order valence-electron chi connectivity index (χ3n) is 2.72. The van der Waals surface area contributed by atoms with E-state index in [4.69, 9.17) is 9.47 Å². The fourth-order valence-electron chi connectivity index (χ4n) is 1.49. The quantitative estimate of drug-likeness (QED) is 0.621. The van der Waals surface area contributed by atoms with E-state index in [0.29, 0.717) is 19.4 Å². The molecular weight excluding hydrogens is 234 g/mol. The van der Waals surface area contributed by atoms with E-state index >= 15 is 0 Å². The van der Waals surface area contributed by atoms with Gasteiger partial charge in [0.05, 0.1) is 12.7 Å². The van der Waals surface area contributed by atoms with Gasteiger partial charge in [-0.2, -0.15) is 0 Å². The van der Waals surface area contributed by atoms with Crippen molar-refractivity contribution >= 4 is 11.9 Å². The Morgan fingerprint density at radius 3 is 2.28 bits per heavy atom. The number of rotatable bonds is 8. The molecule has 0 aromatic rings. The number of nitrogens with zero attached hydrogens (tertiary/aromatic N) is 1. The Labute approximate surface area is 109 Å². The Morgan fingerprint density at radius 2 is 1.83 bits per heavy atom. The molecule has 1 amide bonds. The Morgan fingerprint density at radius 1 is 1.22 bits per heavy atom. The number of hydrogen-bond acceptors (Lipinski definition) is 4. The summed E-state index contributed by atoms with van der Waals surface area (Å²) in [5, 5.41) is 0. The Balaban J connectivity index is 4.32. The van der Waals surface area contributed by atoms with E-state index in [9.17, 15) is 9.59 Å². The normalized spacial score (nSPS) is 12.3. The van der Waals surface area contributed by atoms with Crippen molar-refractivity contribution in [2.45, 2.75) is 52.7 Å². The number of carbonyl (C=O) groups is 2. The van der Waals surface area contributed by atoms with Crippen molar-refractivity contribution in [2.75, 3.05) is 20.3 Å². The van der Waals surface area contributed by atoms with Crippen LogP contribution in [0.4, 0.5) is 0 Å². The van der Waals surface area contributed by atoms with Gasteiger partial charge >= 0.3 is 5.97 Å². The third-order valence-corrected chi connectivity index (χ3v) is 2.72. The molecule has 0 saturated carbocycles. The summed E-state index contributed by atoms with van der Waals surface area (Å²) in [5.41, 5.74) is 0. The lowest BCUT2D eigenvalue weighted by Crippen LogP contribution is -2.41. The van der Waals surface area contributed by atoms with Gasteiger partial charge in [0, 0.05) is 19.6 Å². The fourth-order valence-corrected chi connectivity index (χ4v) is 1.49. The maximum atomic E-state index is 12.0. The van der Waals surface area contributed by atoms with Gasteiger partial charge in [-0.3, -0.25) is 9.59 Å². The number of hydrogen-bond donors (Lipinski definition) is 0. The minimum atomic E-state index is -0.362. The molecule has 1 unspecified atom stereocenters. The lowest BCUT2D eigenvalue weighted by atomic mass is 10.2. The number of carbonyl (C=O) groups excluding carboxylic acids is 2. The number of ether oxygens (including phenoxy) is 2. The monoisotopic (exact) mass is 259 g/mol. The van der Waals surface area contributed by atoms with Crippen molar-refractivity contribution in [2.24, 2.45) is 0 Å². The van der Waals surface area contributed by atoms with Crippen LogP contribution in [0.5, 0.6) is 0 Å². The zero-order valence-corrected chi connectivity index (χ0v) is 12.1. The molecule has 106 valence electrons. The van der Waals surface area contributed by atoms with Crippen LogP contribution in [0.3, 0.4) is 0 Å². The molecule has 5 nitrogen and oxygen atoms in total. The molecule has 0 heterocycles. The van der Waals surface area contributed by atoms with Crippen LogP contribution in [0.1, 0.15) is 40.5 Å². The molecule has 0 aliphatic rings. The summed E-state index contributed by atoms with van der Waals surface area (Å²) >= 11 is 0. The lowest BCUT2D eigenvalue weighted by molar-refractivity contribution is -0.150. The number of amides is 1. The summed E-state index contributed by atoms with van der Waals surface area (Å²) in [6.45, 7) is 7.79. The van der Waals surface area contributed by atoms with Crippen molar-refractivity contribution in [1.29, 1.82) is 0 Å². The van der Waals surface area contributed by atoms with Gasteiger partial charge in [0.15, 0.2) is 0 Å². The third kappa shape index (κ3) is 6.59. The smallest absolute Gasteiger partial charge is 0.325 e. The van der Waals surface area contributed by atoms with Gasteiger partial charge in [-0.15, -0.1) is 0 Å². The van der Waals surface area contributed by atoms with Crippen molar-refractivity contribution in [3.8, 4) is 0 Å². The first-order valence-electron chi connectivity index (χ1n) is 6.40. The molecule has 0 aliphatic carbocycles. The molecule has 0 rings (SSSR count). The molecule has 1 atom stereocenters. The Bertz CT molecular complexity index is 266. The molecule has 0 aromatic carbocycles. The van der Waals surface area contributed by atoms with E-state index in [1.807, 2.05) is 20.8 Å². The van der Waals surface area contributed by atoms with E-state index in [2.05, 4.69) is 0 Å². The van der Waals surface area contributed by atoms with Crippen LogP contribution in [0.2, 0.25) is 0 Å². The molecule has 18 heavy (non-hydrogen) atoms. The average molecular weight is 259 g/mol. The highest BCUT2D eigenvalue weighted by Crippen LogP contribution is 2.07. The van der Waals surface area contributed by atoms with Crippen molar-refractivity contribution in [3.63, 3.8) is 0 Å². The van der Waals surface area contributed by atoms with E-state index in [0.717, 1.165) is 0 Å². The van der Waals surface area contributed by atoms with Crippen LogP contribution in [0.25, 0.3) is 0 Å². The van der Waals surface area contributed by atoms with Gasteiger partial charge < -0.3 is 14.4 Å². The largest absolute Gasteiger partial charge is 0.465 e. The Hall–Kier alpha value is -1.10. The van der Waals surface area contributed by atoms with Gasteiger partial charge in [0.25, 0.3) is 0 Å². The molecular formula is C13H25NO4. The zero-order chi connectivity index (χ0) is 14.1. The minimum Gasteiger partial charge on any atom is -0.465 e. The molecule has 0 radical (unpaired) electrons. The summed E-state index contributed by atoms with van der Waals surface area (Å²) in [6, 6.07) is -0.0141. The van der Waals surface area contributed by atoms with Gasteiger partial charge in [-0.1, -0.05) is 0 Å². The summed E-state index contributed by atoms with van der Waals surface area (Å²) in [6.07, 6.45) is 1.08. The second-order valence-electron chi connectivity index (χ2n) is 4.51. The minimum absolute atomic E-state index is 0.0141. The van der Waals surface area contributed by atoms with Crippen molar-refractivity contribution in [1.82, 2.24) is 4.90 Å². The van der Waals surface area contributed by atoms with Crippen molar-refractivity contribution in [3.05, 3.63) is 0 Å². The highest BCUT2D eigenvalue weighted by Gasteiger charge is 2.20. The molecule has 0 aliphatic heterocycles. The van der Waals surface area contributed by atoms with Crippen LogP contribution in [0.15, 0.2) is 0 Å². The number of methoxy groups -OCH3 is 1. The van der Waals surface area contributed by atoms with Crippen LogP contribution in [-0.2, 0) is 19.1 Å². The SMILES string of the molecule is CCOC(=O)CN(C(=O)CCC(C)OC)C(C)C. The fraction of sp³-hybridized carbons (Fsp3) is 0.846. The van der Waals surface area contributed by atoms with Gasteiger partial charge in [0.2, 0.25) is 5.91 Å². The van der Waals surface area contributed by atoms with Gasteiger partial charge in [-0.05, 0) is 34.1 Å². The number of esters is 1. The second-order valence-corrected chi connectivity index (χ2v) is 4.51. The predicted octanol–water partition coefficient (Wildman–Crippen LogP) is 1.60. The topological polar surface area (TPSA) is 55.8 Å². The van der Waals surface area contributed by atoms with E-state index < -0.39 is 0 Å². The van der Waals surface area contributed by atoms with Crippen LogP contribution >= 0.6 is 0 Å². The molecule has 0 saturated heterocycles. The molecule has 5 heteroatoms. The average Bonchev–Trinajstić information content (AvgIpc) is 2.32. The van der Waals surface area contributed by atoms with Crippen LogP contribution < -0.4 is 0 Å². The molecule has 0 spiro atoms. The van der Waals surface area contributed by atoms with E-state index in [1.54, 1.807) is 18.9 Å². The highest BCUT2D eigenvalue weighted by atomic mass is 16.5. The predicted molar refractivity (Wildman–Crippen MR) is 69.2 cm³/mol. The van der Waals surface area contributed by atoms with E-state index in [1.165, 1.54) is 0 Å².